The maximum absolute atomic E-state index is 12.2. The van der Waals surface area contributed by atoms with Gasteiger partial charge in [0.1, 0.15) is 0 Å². The standard InChI is InChI=1S/C15H16N2O3S/c1-17(2)14-9-5-3-7-12(14)13-8-4-6-10-15(13)21(19,20)16-11-18/h3-11H,1-2H3,(H,16,18). The molecule has 21 heavy (non-hydrogen) atoms. The van der Waals surface area contributed by atoms with Gasteiger partial charge in [0.25, 0.3) is 10.0 Å². The molecule has 0 aliphatic carbocycles. The van der Waals surface area contributed by atoms with Gasteiger partial charge in [-0.2, -0.15) is 0 Å². The lowest BCUT2D eigenvalue weighted by atomic mass is 10.0. The van der Waals surface area contributed by atoms with Crippen LogP contribution in [0.5, 0.6) is 0 Å². The molecule has 0 heterocycles. The van der Waals surface area contributed by atoms with E-state index in [-0.39, 0.29) is 11.3 Å². The van der Waals surface area contributed by atoms with Crippen LogP contribution in [-0.2, 0) is 14.8 Å². The van der Waals surface area contributed by atoms with Crippen molar-refractivity contribution in [3.05, 3.63) is 48.5 Å². The van der Waals surface area contributed by atoms with Crippen molar-refractivity contribution in [2.75, 3.05) is 19.0 Å². The number of amides is 1. The minimum Gasteiger partial charge on any atom is -0.377 e. The van der Waals surface area contributed by atoms with E-state index in [4.69, 9.17) is 0 Å². The summed E-state index contributed by atoms with van der Waals surface area (Å²) < 4.78 is 26.2. The normalized spacial score (nSPS) is 11.0. The van der Waals surface area contributed by atoms with Crippen LogP contribution in [-0.4, -0.2) is 28.9 Å². The van der Waals surface area contributed by atoms with Gasteiger partial charge >= 0.3 is 0 Å². The number of benzene rings is 2. The number of nitrogens with one attached hydrogen (secondary N) is 1. The molecule has 2 rings (SSSR count). The molecule has 0 atom stereocenters. The fraction of sp³-hybridized carbons (Fsp3) is 0.133. The van der Waals surface area contributed by atoms with Crippen molar-refractivity contribution in [3.63, 3.8) is 0 Å². The Kier molecular flexibility index (Phi) is 4.28. The van der Waals surface area contributed by atoms with Crippen molar-refractivity contribution in [2.45, 2.75) is 4.90 Å². The highest BCUT2D eigenvalue weighted by Crippen LogP contribution is 2.33. The SMILES string of the molecule is CN(C)c1ccccc1-c1ccccc1S(=O)(=O)NC=O. The Morgan fingerprint density at radius 1 is 0.952 bits per heavy atom. The number of para-hydroxylation sites is 1. The third-order valence-corrected chi connectivity index (χ3v) is 4.40. The predicted octanol–water partition coefficient (Wildman–Crippen LogP) is 1.85. The predicted molar refractivity (Wildman–Crippen MR) is 82.6 cm³/mol. The molecule has 2 aromatic carbocycles. The molecule has 0 aromatic heterocycles. The van der Waals surface area contributed by atoms with Gasteiger partial charge in [-0.05, 0) is 12.1 Å². The second kappa shape index (κ2) is 5.97. The summed E-state index contributed by atoms with van der Waals surface area (Å²) in [5.74, 6) is 0. The molecule has 0 bridgehead atoms. The number of sulfonamides is 1. The minimum atomic E-state index is -3.87. The van der Waals surface area contributed by atoms with Crippen LogP contribution in [0.1, 0.15) is 0 Å². The van der Waals surface area contributed by atoms with Crippen LogP contribution in [0.3, 0.4) is 0 Å². The van der Waals surface area contributed by atoms with Crippen LogP contribution >= 0.6 is 0 Å². The average Bonchev–Trinajstić information content (AvgIpc) is 2.47. The van der Waals surface area contributed by atoms with Crippen molar-refractivity contribution in [3.8, 4) is 11.1 Å². The summed E-state index contributed by atoms with van der Waals surface area (Å²) in [5, 5.41) is 0. The summed E-state index contributed by atoms with van der Waals surface area (Å²) >= 11 is 0. The molecule has 5 nitrogen and oxygen atoms in total. The molecule has 0 unspecified atom stereocenters. The largest absolute Gasteiger partial charge is 0.377 e. The number of hydrogen-bond donors (Lipinski definition) is 1. The van der Waals surface area contributed by atoms with Gasteiger partial charge in [0.15, 0.2) is 0 Å². The Morgan fingerprint density at radius 3 is 2.14 bits per heavy atom. The number of carbonyl (C=O) groups is 1. The highest BCUT2D eigenvalue weighted by atomic mass is 32.2. The third kappa shape index (κ3) is 3.05. The molecule has 0 fully saturated rings. The van der Waals surface area contributed by atoms with E-state index in [1.807, 2.05) is 48.0 Å². The summed E-state index contributed by atoms with van der Waals surface area (Å²) in [4.78, 5) is 12.5. The van der Waals surface area contributed by atoms with Gasteiger partial charge in [-0.25, -0.2) is 8.42 Å². The Balaban J connectivity index is 2.70. The van der Waals surface area contributed by atoms with Crippen LogP contribution in [0.4, 0.5) is 5.69 Å². The first-order valence-electron chi connectivity index (χ1n) is 6.29. The van der Waals surface area contributed by atoms with Crippen molar-refractivity contribution in [1.82, 2.24) is 4.72 Å². The molecule has 1 N–H and O–H groups in total. The van der Waals surface area contributed by atoms with Crippen LogP contribution < -0.4 is 9.62 Å². The lowest BCUT2D eigenvalue weighted by Crippen LogP contribution is -2.22. The van der Waals surface area contributed by atoms with E-state index in [1.165, 1.54) is 6.07 Å². The molecule has 1 amide bonds. The van der Waals surface area contributed by atoms with E-state index >= 15 is 0 Å². The fourth-order valence-electron chi connectivity index (χ4n) is 2.14. The van der Waals surface area contributed by atoms with Gasteiger partial charge in [-0.15, -0.1) is 0 Å². The van der Waals surface area contributed by atoms with Crippen LogP contribution in [0, 0.1) is 0 Å². The van der Waals surface area contributed by atoms with E-state index in [0.717, 1.165) is 11.3 Å². The van der Waals surface area contributed by atoms with E-state index in [2.05, 4.69) is 0 Å². The van der Waals surface area contributed by atoms with E-state index in [9.17, 15) is 13.2 Å². The quantitative estimate of drug-likeness (QED) is 0.856. The summed E-state index contributed by atoms with van der Waals surface area (Å²) in [6.07, 6.45) is 0.171. The smallest absolute Gasteiger partial charge is 0.264 e. The van der Waals surface area contributed by atoms with Gasteiger partial charge in [-0.1, -0.05) is 36.4 Å². The number of hydrogen-bond acceptors (Lipinski definition) is 4. The Hall–Kier alpha value is -2.34. The van der Waals surface area contributed by atoms with Gasteiger partial charge < -0.3 is 4.90 Å². The lowest BCUT2D eigenvalue weighted by molar-refractivity contribution is -0.108. The summed E-state index contributed by atoms with van der Waals surface area (Å²) in [6.45, 7) is 0. The van der Waals surface area contributed by atoms with Crippen LogP contribution in [0.2, 0.25) is 0 Å². The molecule has 2 aromatic rings. The first-order valence-corrected chi connectivity index (χ1v) is 7.77. The van der Waals surface area contributed by atoms with E-state index < -0.39 is 10.0 Å². The van der Waals surface area contributed by atoms with Gasteiger partial charge in [0.2, 0.25) is 6.41 Å². The molecule has 0 saturated heterocycles. The number of nitrogens with zero attached hydrogens (tertiary/aromatic N) is 1. The molecule has 0 saturated carbocycles. The Labute approximate surface area is 124 Å². The second-order valence-electron chi connectivity index (χ2n) is 4.65. The van der Waals surface area contributed by atoms with Gasteiger partial charge in [0, 0.05) is 30.9 Å². The number of anilines is 1. The average molecular weight is 304 g/mol. The molecular weight excluding hydrogens is 288 g/mol. The van der Waals surface area contributed by atoms with Crippen molar-refractivity contribution in [1.29, 1.82) is 0 Å². The fourth-order valence-corrected chi connectivity index (χ4v) is 3.12. The maximum atomic E-state index is 12.2. The molecule has 6 heteroatoms. The molecule has 0 radical (unpaired) electrons. The van der Waals surface area contributed by atoms with Crippen molar-refractivity contribution >= 4 is 22.1 Å². The second-order valence-corrected chi connectivity index (χ2v) is 6.33. The summed E-state index contributed by atoms with van der Waals surface area (Å²) in [7, 11) is -0.0912. The van der Waals surface area contributed by atoms with Gasteiger partial charge in [0.05, 0.1) is 4.90 Å². The molecule has 110 valence electrons. The van der Waals surface area contributed by atoms with E-state index in [0.29, 0.717) is 5.56 Å². The highest BCUT2D eigenvalue weighted by Gasteiger charge is 2.20. The maximum Gasteiger partial charge on any atom is 0.264 e. The van der Waals surface area contributed by atoms with Crippen LogP contribution in [0.15, 0.2) is 53.4 Å². The van der Waals surface area contributed by atoms with Crippen LogP contribution in [0.25, 0.3) is 11.1 Å². The molecule has 0 spiro atoms. The number of rotatable bonds is 5. The molecule has 0 aliphatic rings. The topological polar surface area (TPSA) is 66.5 Å². The first-order chi connectivity index (χ1) is 9.97. The summed E-state index contributed by atoms with van der Waals surface area (Å²) in [5.41, 5.74) is 2.23. The first kappa shape index (κ1) is 15.1. The Morgan fingerprint density at radius 2 is 1.52 bits per heavy atom. The van der Waals surface area contributed by atoms with Crippen molar-refractivity contribution in [2.24, 2.45) is 0 Å². The highest BCUT2D eigenvalue weighted by molar-refractivity contribution is 7.90. The van der Waals surface area contributed by atoms with Crippen molar-refractivity contribution < 1.29 is 13.2 Å². The molecular formula is C15H16N2O3S. The summed E-state index contributed by atoms with van der Waals surface area (Å²) in [6, 6.07) is 14.1. The zero-order valence-corrected chi connectivity index (χ0v) is 12.6. The zero-order valence-electron chi connectivity index (χ0n) is 11.8. The van der Waals surface area contributed by atoms with E-state index in [1.54, 1.807) is 18.2 Å². The Bertz CT molecular complexity index is 755. The minimum absolute atomic E-state index is 0.0754. The number of carbonyl (C=O) groups excluding carboxylic acids is 1. The zero-order chi connectivity index (χ0) is 15.5. The lowest BCUT2D eigenvalue weighted by Gasteiger charge is -2.19. The molecule has 0 aliphatic heterocycles. The van der Waals surface area contributed by atoms with Gasteiger partial charge in [-0.3, -0.25) is 9.52 Å². The monoisotopic (exact) mass is 304 g/mol. The third-order valence-electron chi connectivity index (χ3n) is 3.06.